The molecule has 1 aliphatic heterocycles. The van der Waals surface area contributed by atoms with Crippen LogP contribution in [0.3, 0.4) is 0 Å². The molecule has 1 unspecified atom stereocenters. The van der Waals surface area contributed by atoms with E-state index in [0.29, 0.717) is 6.54 Å². The van der Waals surface area contributed by atoms with Crippen LogP contribution in [0, 0.1) is 5.92 Å². The van der Waals surface area contributed by atoms with Crippen LogP contribution in [0.15, 0.2) is 16.7 Å². The van der Waals surface area contributed by atoms with Gasteiger partial charge in [0.1, 0.15) is 5.76 Å². The average molecular weight is 223 g/mol. The number of carbonyl (C=O) groups excluding carboxylic acids is 1. The number of amides is 1. The van der Waals surface area contributed by atoms with Crippen molar-refractivity contribution in [3.63, 3.8) is 0 Å². The fourth-order valence-corrected chi connectivity index (χ4v) is 2.02. The smallest absolute Gasteiger partial charge is 0.228 e. The van der Waals surface area contributed by atoms with Crippen LogP contribution >= 0.6 is 0 Å². The van der Waals surface area contributed by atoms with Crippen molar-refractivity contribution in [2.75, 3.05) is 13.2 Å². The molecular formula is C12H17NO3. The number of furan rings is 1. The lowest BCUT2D eigenvalue weighted by Gasteiger charge is -2.23. The zero-order valence-electron chi connectivity index (χ0n) is 9.48. The summed E-state index contributed by atoms with van der Waals surface area (Å²) in [5.41, 5.74) is 1.09. The third kappa shape index (κ3) is 2.11. The van der Waals surface area contributed by atoms with Gasteiger partial charge in [0.2, 0.25) is 5.91 Å². The maximum atomic E-state index is 11.9. The Morgan fingerprint density at radius 2 is 2.50 bits per heavy atom. The fourth-order valence-electron chi connectivity index (χ4n) is 2.02. The number of aliphatic hydroxyl groups is 1. The van der Waals surface area contributed by atoms with Crippen molar-refractivity contribution in [1.29, 1.82) is 0 Å². The molecule has 0 saturated carbocycles. The van der Waals surface area contributed by atoms with Crippen LogP contribution in [0.1, 0.15) is 24.7 Å². The molecule has 1 N–H and O–H groups in total. The second kappa shape index (κ2) is 4.70. The zero-order valence-corrected chi connectivity index (χ0v) is 9.48. The molecule has 16 heavy (non-hydrogen) atoms. The van der Waals surface area contributed by atoms with Gasteiger partial charge in [-0.3, -0.25) is 4.79 Å². The molecule has 0 spiro atoms. The summed E-state index contributed by atoms with van der Waals surface area (Å²) in [6.45, 7) is 3.01. The molecule has 0 saturated heterocycles. The molecule has 1 amide bonds. The molecule has 1 aromatic heterocycles. The number of hydrogen-bond donors (Lipinski definition) is 1. The van der Waals surface area contributed by atoms with Gasteiger partial charge in [-0.05, 0) is 12.5 Å². The van der Waals surface area contributed by atoms with E-state index < -0.39 is 0 Å². The SMILES string of the molecule is CC(CO)C(=O)N1CCCc2occc2C1. The van der Waals surface area contributed by atoms with Crippen LogP contribution < -0.4 is 0 Å². The van der Waals surface area contributed by atoms with Crippen molar-refractivity contribution < 1.29 is 14.3 Å². The number of nitrogens with zero attached hydrogens (tertiary/aromatic N) is 1. The maximum Gasteiger partial charge on any atom is 0.228 e. The number of carbonyl (C=O) groups is 1. The minimum absolute atomic E-state index is 0.0246. The van der Waals surface area contributed by atoms with E-state index in [4.69, 9.17) is 9.52 Å². The Bertz CT molecular complexity index is 372. The summed E-state index contributed by atoms with van der Waals surface area (Å²) in [6, 6.07) is 1.92. The lowest BCUT2D eigenvalue weighted by Crippen LogP contribution is -2.36. The average Bonchev–Trinajstić information content (AvgIpc) is 2.64. The van der Waals surface area contributed by atoms with Crippen molar-refractivity contribution in [3.8, 4) is 0 Å². The van der Waals surface area contributed by atoms with Gasteiger partial charge < -0.3 is 14.4 Å². The van der Waals surface area contributed by atoms with Crippen molar-refractivity contribution >= 4 is 5.91 Å². The molecule has 2 rings (SSSR count). The highest BCUT2D eigenvalue weighted by Gasteiger charge is 2.23. The lowest BCUT2D eigenvalue weighted by molar-refractivity contribution is -0.136. The number of aliphatic hydroxyl groups excluding tert-OH is 1. The number of hydrogen-bond acceptors (Lipinski definition) is 3. The highest BCUT2D eigenvalue weighted by Crippen LogP contribution is 2.20. The zero-order chi connectivity index (χ0) is 11.5. The topological polar surface area (TPSA) is 53.7 Å². The van der Waals surface area contributed by atoms with Crippen LogP contribution in [0.2, 0.25) is 0 Å². The summed E-state index contributed by atoms with van der Waals surface area (Å²) in [7, 11) is 0. The van der Waals surface area contributed by atoms with E-state index in [1.165, 1.54) is 0 Å². The molecule has 0 bridgehead atoms. The summed E-state index contributed by atoms with van der Waals surface area (Å²) in [4.78, 5) is 13.8. The van der Waals surface area contributed by atoms with Crippen LogP contribution in [0.25, 0.3) is 0 Å². The van der Waals surface area contributed by atoms with E-state index in [9.17, 15) is 4.79 Å². The number of fused-ring (bicyclic) bond motifs is 1. The van der Waals surface area contributed by atoms with Crippen LogP contribution in [0.4, 0.5) is 0 Å². The van der Waals surface area contributed by atoms with Crippen LogP contribution in [0.5, 0.6) is 0 Å². The van der Waals surface area contributed by atoms with E-state index in [2.05, 4.69) is 0 Å². The van der Waals surface area contributed by atoms with E-state index in [-0.39, 0.29) is 18.4 Å². The van der Waals surface area contributed by atoms with Gasteiger partial charge in [0.05, 0.1) is 18.8 Å². The van der Waals surface area contributed by atoms with E-state index in [1.807, 2.05) is 11.0 Å². The van der Waals surface area contributed by atoms with Gasteiger partial charge in [-0.2, -0.15) is 0 Å². The van der Waals surface area contributed by atoms with Gasteiger partial charge in [0.25, 0.3) is 0 Å². The highest BCUT2D eigenvalue weighted by molar-refractivity contribution is 5.78. The normalized spacial score (nSPS) is 17.8. The quantitative estimate of drug-likeness (QED) is 0.819. The van der Waals surface area contributed by atoms with Gasteiger partial charge in [0.15, 0.2) is 0 Å². The highest BCUT2D eigenvalue weighted by atomic mass is 16.3. The first-order valence-corrected chi connectivity index (χ1v) is 5.67. The van der Waals surface area contributed by atoms with E-state index in [1.54, 1.807) is 13.2 Å². The number of aryl methyl sites for hydroxylation is 1. The summed E-state index contributed by atoms with van der Waals surface area (Å²) < 4.78 is 5.36. The third-order valence-electron chi connectivity index (χ3n) is 3.04. The summed E-state index contributed by atoms with van der Waals surface area (Å²) >= 11 is 0. The van der Waals surface area contributed by atoms with Crippen molar-refractivity contribution in [2.24, 2.45) is 5.92 Å². The van der Waals surface area contributed by atoms with Gasteiger partial charge >= 0.3 is 0 Å². The molecule has 4 heteroatoms. The molecule has 1 aliphatic rings. The Hall–Kier alpha value is -1.29. The Labute approximate surface area is 94.9 Å². The van der Waals surface area contributed by atoms with Crippen molar-refractivity contribution in [3.05, 3.63) is 23.7 Å². The lowest BCUT2D eigenvalue weighted by atomic mass is 10.1. The Balaban J connectivity index is 2.11. The molecule has 1 aromatic rings. The maximum absolute atomic E-state index is 11.9. The Morgan fingerprint density at radius 1 is 1.69 bits per heavy atom. The molecule has 0 radical (unpaired) electrons. The Kier molecular flexibility index (Phi) is 3.29. The standard InChI is InChI=1S/C12H17NO3/c1-9(8-14)12(15)13-5-2-3-11-10(7-13)4-6-16-11/h4,6,9,14H,2-3,5,7-8H2,1H3. The van der Waals surface area contributed by atoms with Crippen molar-refractivity contribution in [2.45, 2.75) is 26.3 Å². The molecule has 1 atom stereocenters. The first kappa shape index (κ1) is 11.2. The molecular weight excluding hydrogens is 206 g/mol. The summed E-state index contributed by atoms with van der Waals surface area (Å²) in [5, 5.41) is 9.00. The predicted molar refractivity (Wildman–Crippen MR) is 58.7 cm³/mol. The fraction of sp³-hybridized carbons (Fsp3) is 0.583. The third-order valence-corrected chi connectivity index (χ3v) is 3.04. The summed E-state index contributed by atoms with van der Waals surface area (Å²) in [5.74, 6) is 0.706. The first-order valence-electron chi connectivity index (χ1n) is 5.67. The number of rotatable bonds is 2. The van der Waals surface area contributed by atoms with Gasteiger partial charge in [0, 0.05) is 25.1 Å². The monoisotopic (exact) mass is 223 g/mol. The largest absolute Gasteiger partial charge is 0.469 e. The molecule has 0 aliphatic carbocycles. The van der Waals surface area contributed by atoms with Crippen LogP contribution in [-0.2, 0) is 17.8 Å². The minimum Gasteiger partial charge on any atom is -0.469 e. The second-order valence-electron chi connectivity index (χ2n) is 4.32. The predicted octanol–water partition coefficient (Wildman–Crippen LogP) is 1.18. The van der Waals surface area contributed by atoms with E-state index in [0.717, 1.165) is 30.7 Å². The second-order valence-corrected chi connectivity index (χ2v) is 4.32. The van der Waals surface area contributed by atoms with Gasteiger partial charge in [-0.25, -0.2) is 0 Å². The summed E-state index contributed by atoms with van der Waals surface area (Å²) in [6.07, 6.45) is 3.48. The molecule has 4 nitrogen and oxygen atoms in total. The molecule has 0 fully saturated rings. The minimum atomic E-state index is -0.312. The van der Waals surface area contributed by atoms with Gasteiger partial charge in [-0.1, -0.05) is 6.92 Å². The van der Waals surface area contributed by atoms with E-state index >= 15 is 0 Å². The Morgan fingerprint density at radius 3 is 3.25 bits per heavy atom. The first-order chi connectivity index (χ1) is 7.72. The molecule has 2 heterocycles. The van der Waals surface area contributed by atoms with Gasteiger partial charge in [-0.15, -0.1) is 0 Å². The molecule has 0 aromatic carbocycles. The van der Waals surface area contributed by atoms with Crippen molar-refractivity contribution in [1.82, 2.24) is 4.90 Å². The van der Waals surface area contributed by atoms with Crippen LogP contribution in [-0.4, -0.2) is 29.1 Å². The molecule has 88 valence electrons.